The number of nitrogens with one attached hydrogen (secondary N) is 1. The summed E-state index contributed by atoms with van der Waals surface area (Å²) in [7, 11) is 1.82. The van der Waals surface area contributed by atoms with Crippen LogP contribution in [0.1, 0.15) is 19.9 Å². The highest BCUT2D eigenvalue weighted by atomic mass is 32.1. The van der Waals surface area contributed by atoms with Gasteiger partial charge in [0.2, 0.25) is 0 Å². The average Bonchev–Trinajstić information content (AvgIpc) is 2.71. The molecule has 0 amide bonds. The molecule has 0 aliphatic heterocycles. The molecule has 0 atom stereocenters. The molecule has 2 rings (SSSR count). The van der Waals surface area contributed by atoms with Crippen LogP contribution in [-0.2, 0) is 7.05 Å². The molecule has 2 aromatic heterocycles. The Labute approximate surface area is 91.9 Å². The van der Waals surface area contributed by atoms with E-state index >= 15 is 0 Å². The second-order valence-electron chi connectivity index (χ2n) is 3.59. The van der Waals surface area contributed by atoms with Gasteiger partial charge in [-0.15, -0.1) is 5.10 Å². The maximum absolute atomic E-state index is 5.15. The Morgan fingerprint density at radius 3 is 2.73 bits per heavy atom. The third kappa shape index (κ3) is 1.70. The number of hydrogen-bond acceptors (Lipinski definition) is 4. The van der Waals surface area contributed by atoms with E-state index in [1.54, 1.807) is 4.68 Å². The molecule has 0 aliphatic carbocycles. The highest BCUT2D eigenvalue weighted by molar-refractivity contribution is 7.71. The third-order valence-corrected chi connectivity index (χ3v) is 2.34. The first-order valence-electron chi connectivity index (χ1n) is 4.63. The molecular formula is C8H12N6S. The molecule has 0 aromatic carbocycles. The minimum Gasteiger partial charge on any atom is -0.296 e. The van der Waals surface area contributed by atoms with Crippen LogP contribution in [0.25, 0.3) is 11.5 Å². The lowest BCUT2D eigenvalue weighted by Crippen LogP contribution is -2.03. The van der Waals surface area contributed by atoms with Crippen molar-refractivity contribution >= 4 is 12.2 Å². The lowest BCUT2D eigenvalue weighted by Gasteiger charge is -2.07. The predicted octanol–water partition coefficient (Wildman–Crippen LogP) is 1.32. The van der Waals surface area contributed by atoms with Gasteiger partial charge in [-0.25, -0.2) is 0 Å². The molecule has 0 radical (unpaired) electrons. The highest BCUT2D eigenvalue weighted by Gasteiger charge is 2.13. The van der Waals surface area contributed by atoms with Gasteiger partial charge in [-0.3, -0.25) is 14.3 Å². The van der Waals surface area contributed by atoms with Crippen molar-refractivity contribution < 1.29 is 0 Å². The van der Waals surface area contributed by atoms with Crippen molar-refractivity contribution in [2.24, 2.45) is 7.05 Å². The third-order valence-electron chi connectivity index (χ3n) is 2.05. The molecule has 80 valence electrons. The van der Waals surface area contributed by atoms with Crippen molar-refractivity contribution in [2.45, 2.75) is 19.9 Å². The summed E-state index contributed by atoms with van der Waals surface area (Å²) < 4.78 is 4.16. The molecule has 0 saturated carbocycles. The fourth-order valence-corrected chi connectivity index (χ4v) is 1.76. The van der Waals surface area contributed by atoms with Crippen LogP contribution in [0.5, 0.6) is 0 Å². The van der Waals surface area contributed by atoms with Gasteiger partial charge >= 0.3 is 0 Å². The molecule has 0 bridgehead atoms. The molecule has 0 aliphatic rings. The topological polar surface area (TPSA) is 64.3 Å². The monoisotopic (exact) mass is 224 g/mol. The van der Waals surface area contributed by atoms with Gasteiger partial charge in [0.25, 0.3) is 0 Å². The Balaban J connectivity index is 2.58. The van der Waals surface area contributed by atoms with E-state index in [0.29, 0.717) is 4.77 Å². The Morgan fingerprint density at radius 2 is 2.20 bits per heavy atom. The summed E-state index contributed by atoms with van der Waals surface area (Å²) in [6.07, 6.45) is 1.81. The van der Waals surface area contributed by atoms with E-state index in [2.05, 4.69) is 20.5 Å². The summed E-state index contributed by atoms with van der Waals surface area (Å²) in [4.78, 5) is 0. The van der Waals surface area contributed by atoms with Gasteiger partial charge in [-0.05, 0) is 26.1 Å². The molecule has 0 unspecified atom stereocenters. The van der Waals surface area contributed by atoms with E-state index in [4.69, 9.17) is 12.2 Å². The zero-order chi connectivity index (χ0) is 11.0. The Bertz CT molecular complexity index is 519. The van der Waals surface area contributed by atoms with E-state index in [0.717, 1.165) is 11.5 Å². The largest absolute Gasteiger partial charge is 0.296 e. The number of aromatic nitrogens is 6. The zero-order valence-corrected chi connectivity index (χ0v) is 9.62. The fourth-order valence-electron chi connectivity index (χ4n) is 1.41. The molecule has 0 fully saturated rings. The van der Waals surface area contributed by atoms with Crippen LogP contribution in [0.3, 0.4) is 0 Å². The fraction of sp³-hybridized carbons (Fsp3) is 0.500. The van der Waals surface area contributed by atoms with Crippen molar-refractivity contribution in [1.29, 1.82) is 0 Å². The number of rotatable bonds is 2. The van der Waals surface area contributed by atoms with Crippen LogP contribution in [0.4, 0.5) is 0 Å². The minimum atomic E-state index is 0.244. The lowest BCUT2D eigenvalue weighted by molar-refractivity contribution is 0.596. The summed E-state index contributed by atoms with van der Waals surface area (Å²) >= 11 is 5.15. The van der Waals surface area contributed by atoms with Crippen LogP contribution in [0, 0.1) is 4.77 Å². The van der Waals surface area contributed by atoms with Crippen LogP contribution in [0.15, 0.2) is 6.20 Å². The molecule has 0 saturated heterocycles. The van der Waals surface area contributed by atoms with Gasteiger partial charge < -0.3 is 0 Å². The summed E-state index contributed by atoms with van der Waals surface area (Å²) in [5.41, 5.74) is 0.721. The number of aryl methyl sites for hydroxylation is 1. The standard InChI is InChI=1S/C8H12N6S/c1-5(2)14-7(10-11-8(14)15)6-4-13(3)12-9-6/h4-5H,1-3H3,(H,11,15). The summed E-state index contributed by atoms with van der Waals surface area (Å²) in [5.74, 6) is 0.725. The molecule has 6 nitrogen and oxygen atoms in total. The van der Waals surface area contributed by atoms with E-state index in [1.165, 1.54) is 0 Å². The molecular weight excluding hydrogens is 212 g/mol. The van der Waals surface area contributed by atoms with Gasteiger partial charge in [0.1, 0.15) is 5.69 Å². The number of nitrogens with zero attached hydrogens (tertiary/aromatic N) is 5. The van der Waals surface area contributed by atoms with Crippen molar-refractivity contribution in [3.05, 3.63) is 11.0 Å². The number of H-pyrrole nitrogens is 1. The molecule has 15 heavy (non-hydrogen) atoms. The molecule has 0 spiro atoms. The predicted molar refractivity (Wildman–Crippen MR) is 57.8 cm³/mol. The first-order valence-corrected chi connectivity index (χ1v) is 5.04. The van der Waals surface area contributed by atoms with Gasteiger partial charge in [0.15, 0.2) is 10.6 Å². The minimum absolute atomic E-state index is 0.244. The smallest absolute Gasteiger partial charge is 0.195 e. The highest BCUT2D eigenvalue weighted by Crippen LogP contribution is 2.17. The number of aromatic amines is 1. The van der Waals surface area contributed by atoms with Crippen molar-refractivity contribution in [2.75, 3.05) is 0 Å². The van der Waals surface area contributed by atoms with E-state index < -0.39 is 0 Å². The van der Waals surface area contributed by atoms with Crippen LogP contribution < -0.4 is 0 Å². The van der Waals surface area contributed by atoms with E-state index in [-0.39, 0.29) is 6.04 Å². The zero-order valence-electron chi connectivity index (χ0n) is 8.80. The van der Waals surface area contributed by atoms with Gasteiger partial charge in [-0.1, -0.05) is 5.21 Å². The van der Waals surface area contributed by atoms with E-state index in [9.17, 15) is 0 Å². The molecule has 2 heterocycles. The second kappa shape index (κ2) is 3.58. The van der Waals surface area contributed by atoms with Crippen LogP contribution >= 0.6 is 12.2 Å². The van der Waals surface area contributed by atoms with Crippen molar-refractivity contribution in [3.8, 4) is 11.5 Å². The van der Waals surface area contributed by atoms with Crippen LogP contribution in [0.2, 0.25) is 0 Å². The SMILES string of the molecule is CC(C)n1c(-c2cn(C)nn2)n[nH]c1=S. The molecule has 7 heteroatoms. The first kappa shape index (κ1) is 10.0. The molecule has 1 N–H and O–H groups in total. The number of hydrogen-bond donors (Lipinski definition) is 1. The normalized spacial score (nSPS) is 11.2. The van der Waals surface area contributed by atoms with Crippen LogP contribution in [-0.4, -0.2) is 29.8 Å². The second-order valence-corrected chi connectivity index (χ2v) is 3.98. The lowest BCUT2D eigenvalue weighted by atomic mass is 10.3. The van der Waals surface area contributed by atoms with Gasteiger partial charge in [-0.2, -0.15) is 5.10 Å². The van der Waals surface area contributed by atoms with Crippen molar-refractivity contribution in [3.63, 3.8) is 0 Å². The van der Waals surface area contributed by atoms with E-state index in [1.807, 2.05) is 31.7 Å². The average molecular weight is 224 g/mol. The maximum Gasteiger partial charge on any atom is 0.195 e. The van der Waals surface area contributed by atoms with Crippen molar-refractivity contribution in [1.82, 2.24) is 29.8 Å². The molecule has 2 aromatic rings. The Morgan fingerprint density at radius 1 is 1.47 bits per heavy atom. The Hall–Kier alpha value is -1.50. The van der Waals surface area contributed by atoms with Gasteiger partial charge in [0.05, 0.1) is 6.20 Å². The summed E-state index contributed by atoms with van der Waals surface area (Å²) in [6, 6.07) is 0.244. The summed E-state index contributed by atoms with van der Waals surface area (Å²) in [6.45, 7) is 4.09. The first-order chi connectivity index (χ1) is 7.09. The Kier molecular flexibility index (Phi) is 2.39. The quantitative estimate of drug-likeness (QED) is 0.781. The van der Waals surface area contributed by atoms with Gasteiger partial charge in [0, 0.05) is 13.1 Å². The maximum atomic E-state index is 5.15. The summed E-state index contributed by atoms with van der Waals surface area (Å²) in [5, 5.41) is 14.8.